The Balaban J connectivity index is 2.23. The molecule has 0 radical (unpaired) electrons. The van der Waals surface area contributed by atoms with Gasteiger partial charge in [-0.3, -0.25) is 9.59 Å². The maximum atomic E-state index is 12.0. The van der Waals surface area contributed by atoms with Gasteiger partial charge in [0.25, 0.3) is 0 Å². The molecular formula is C18H20N2O4S. The fourth-order valence-corrected chi connectivity index (χ4v) is 3.39. The molecular weight excluding hydrogens is 340 g/mol. The number of nitrogens with zero attached hydrogens (tertiary/aromatic N) is 1. The van der Waals surface area contributed by atoms with E-state index in [1.54, 1.807) is 6.92 Å². The van der Waals surface area contributed by atoms with Crippen LogP contribution in [0.3, 0.4) is 0 Å². The van der Waals surface area contributed by atoms with E-state index in [1.165, 1.54) is 0 Å². The molecule has 7 heteroatoms. The van der Waals surface area contributed by atoms with Gasteiger partial charge in [0.15, 0.2) is 0 Å². The van der Waals surface area contributed by atoms with E-state index in [2.05, 4.69) is 11.4 Å². The largest absolute Gasteiger partial charge is 0.494 e. The first-order valence-electron chi connectivity index (χ1n) is 8.04. The number of carbonyl (C=O) groups is 2. The van der Waals surface area contributed by atoms with Crippen LogP contribution in [0.25, 0.3) is 0 Å². The number of amides is 1. The lowest BCUT2D eigenvalue weighted by Gasteiger charge is -2.25. The number of nitrogens with one attached hydrogen (secondary N) is 1. The zero-order chi connectivity index (χ0) is 18.2. The van der Waals surface area contributed by atoms with Gasteiger partial charge in [0, 0.05) is 12.3 Å². The van der Waals surface area contributed by atoms with Crippen molar-refractivity contribution in [3.63, 3.8) is 0 Å². The number of esters is 1. The number of thioether (sulfide) groups is 1. The van der Waals surface area contributed by atoms with Crippen molar-refractivity contribution in [1.29, 1.82) is 5.26 Å². The molecule has 1 heterocycles. The van der Waals surface area contributed by atoms with E-state index in [0.29, 0.717) is 23.8 Å². The fraction of sp³-hybridized carbons (Fsp3) is 0.389. The van der Waals surface area contributed by atoms with Crippen molar-refractivity contribution < 1.29 is 19.1 Å². The number of nitriles is 1. The summed E-state index contributed by atoms with van der Waals surface area (Å²) in [5, 5.41) is 12.7. The second-order valence-electron chi connectivity index (χ2n) is 5.26. The quantitative estimate of drug-likeness (QED) is 0.752. The third kappa shape index (κ3) is 5.00. The molecule has 1 N–H and O–H groups in total. The maximum Gasteiger partial charge on any atom is 0.316 e. The number of ether oxygens (including phenoxy) is 2. The molecule has 1 amide bonds. The molecule has 0 bridgehead atoms. The van der Waals surface area contributed by atoms with Crippen molar-refractivity contribution in [2.45, 2.75) is 26.2 Å². The van der Waals surface area contributed by atoms with Crippen LogP contribution in [-0.4, -0.2) is 30.8 Å². The first-order valence-corrected chi connectivity index (χ1v) is 9.02. The zero-order valence-electron chi connectivity index (χ0n) is 14.2. The zero-order valence-corrected chi connectivity index (χ0v) is 15.0. The topological polar surface area (TPSA) is 88.4 Å². The Morgan fingerprint density at radius 2 is 2.04 bits per heavy atom. The Morgan fingerprint density at radius 1 is 1.32 bits per heavy atom. The highest BCUT2D eigenvalue weighted by atomic mass is 32.2. The van der Waals surface area contributed by atoms with Crippen molar-refractivity contribution >= 4 is 23.6 Å². The van der Waals surface area contributed by atoms with Gasteiger partial charge in [-0.15, -0.1) is 0 Å². The van der Waals surface area contributed by atoms with Crippen LogP contribution < -0.4 is 10.1 Å². The number of hydrogen-bond donors (Lipinski definition) is 1. The minimum Gasteiger partial charge on any atom is -0.494 e. The molecule has 1 aromatic rings. The number of benzene rings is 1. The SMILES string of the molecule is CCOC(=O)CSC1=C(C#N)[C@H](c2ccc(OCC)cc2)CC(=O)N1. The normalized spacial score (nSPS) is 16.8. The van der Waals surface area contributed by atoms with E-state index in [0.717, 1.165) is 23.1 Å². The van der Waals surface area contributed by atoms with E-state index in [-0.39, 0.29) is 30.0 Å². The van der Waals surface area contributed by atoms with E-state index in [9.17, 15) is 14.9 Å². The maximum absolute atomic E-state index is 12.0. The summed E-state index contributed by atoms with van der Waals surface area (Å²) in [5.74, 6) is -0.103. The van der Waals surface area contributed by atoms with Crippen molar-refractivity contribution in [3.8, 4) is 11.8 Å². The van der Waals surface area contributed by atoms with Gasteiger partial charge in [-0.1, -0.05) is 23.9 Å². The number of rotatable bonds is 7. The van der Waals surface area contributed by atoms with Gasteiger partial charge in [0.05, 0.1) is 35.6 Å². The van der Waals surface area contributed by atoms with Crippen molar-refractivity contribution in [1.82, 2.24) is 5.32 Å². The van der Waals surface area contributed by atoms with Gasteiger partial charge < -0.3 is 14.8 Å². The van der Waals surface area contributed by atoms with Gasteiger partial charge in [-0.25, -0.2) is 0 Å². The monoisotopic (exact) mass is 360 g/mol. The van der Waals surface area contributed by atoms with Gasteiger partial charge in [-0.05, 0) is 31.5 Å². The first-order chi connectivity index (χ1) is 12.1. The van der Waals surface area contributed by atoms with Crippen molar-refractivity contribution in [3.05, 3.63) is 40.4 Å². The number of carbonyl (C=O) groups excluding carboxylic acids is 2. The lowest BCUT2D eigenvalue weighted by molar-refractivity contribution is -0.139. The Labute approximate surface area is 151 Å². The molecule has 2 rings (SSSR count). The van der Waals surface area contributed by atoms with Crippen LogP contribution >= 0.6 is 11.8 Å². The smallest absolute Gasteiger partial charge is 0.316 e. The lowest BCUT2D eigenvalue weighted by Crippen LogP contribution is -2.31. The Morgan fingerprint density at radius 3 is 2.64 bits per heavy atom. The Hall–Kier alpha value is -2.46. The van der Waals surface area contributed by atoms with Gasteiger partial charge >= 0.3 is 5.97 Å². The van der Waals surface area contributed by atoms with Crippen molar-refractivity contribution in [2.75, 3.05) is 19.0 Å². The summed E-state index contributed by atoms with van der Waals surface area (Å²) in [7, 11) is 0. The standard InChI is InChI=1S/C18H20N2O4S/c1-3-23-13-7-5-12(6-8-13)14-9-16(21)20-18(15(14)10-19)25-11-17(22)24-4-2/h5-8,14H,3-4,9,11H2,1-2H3,(H,20,21)/t14-/m0/s1. The number of hydrogen-bond acceptors (Lipinski definition) is 6. The molecule has 0 aliphatic carbocycles. The summed E-state index contributed by atoms with van der Waals surface area (Å²) >= 11 is 1.12. The summed E-state index contributed by atoms with van der Waals surface area (Å²) < 4.78 is 10.3. The molecule has 0 spiro atoms. The molecule has 1 aromatic carbocycles. The molecule has 6 nitrogen and oxygen atoms in total. The molecule has 0 saturated heterocycles. The minimum atomic E-state index is -0.380. The molecule has 0 unspecified atom stereocenters. The predicted molar refractivity (Wildman–Crippen MR) is 94.8 cm³/mol. The molecule has 1 aliphatic heterocycles. The molecule has 1 atom stereocenters. The van der Waals surface area contributed by atoms with Crippen LogP contribution in [0.15, 0.2) is 34.9 Å². The molecule has 0 fully saturated rings. The fourth-order valence-electron chi connectivity index (χ4n) is 2.51. The summed E-state index contributed by atoms with van der Waals surface area (Å²) in [6, 6.07) is 9.55. The van der Waals surface area contributed by atoms with Crippen LogP contribution in [0.5, 0.6) is 5.75 Å². The van der Waals surface area contributed by atoms with E-state index in [4.69, 9.17) is 9.47 Å². The first kappa shape index (κ1) is 18.9. The number of allylic oxidation sites excluding steroid dienone is 1. The van der Waals surface area contributed by atoms with Crippen LogP contribution in [0.1, 0.15) is 31.7 Å². The predicted octanol–water partition coefficient (Wildman–Crippen LogP) is 2.72. The van der Waals surface area contributed by atoms with Gasteiger partial charge in [0.2, 0.25) is 5.91 Å². The third-order valence-electron chi connectivity index (χ3n) is 3.59. The molecule has 1 aliphatic rings. The summed E-state index contributed by atoms with van der Waals surface area (Å²) in [4.78, 5) is 23.6. The van der Waals surface area contributed by atoms with Gasteiger partial charge in [0.1, 0.15) is 5.75 Å². The van der Waals surface area contributed by atoms with Crippen molar-refractivity contribution in [2.24, 2.45) is 0 Å². The van der Waals surface area contributed by atoms with Crippen LogP contribution in [0, 0.1) is 11.3 Å². The van der Waals surface area contributed by atoms with Crippen LogP contribution in [-0.2, 0) is 14.3 Å². The van der Waals surface area contributed by atoms with E-state index < -0.39 is 0 Å². The molecule has 25 heavy (non-hydrogen) atoms. The molecule has 132 valence electrons. The lowest BCUT2D eigenvalue weighted by atomic mass is 9.87. The average Bonchev–Trinajstić information content (AvgIpc) is 2.60. The van der Waals surface area contributed by atoms with E-state index in [1.807, 2.05) is 31.2 Å². The molecule has 0 saturated carbocycles. The summed E-state index contributed by atoms with van der Waals surface area (Å²) in [5.41, 5.74) is 1.32. The summed E-state index contributed by atoms with van der Waals surface area (Å²) in [6.45, 7) is 4.50. The third-order valence-corrected chi connectivity index (χ3v) is 4.58. The second-order valence-corrected chi connectivity index (χ2v) is 6.24. The highest BCUT2D eigenvalue weighted by Gasteiger charge is 2.30. The van der Waals surface area contributed by atoms with Crippen LogP contribution in [0.2, 0.25) is 0 Å². The Bertz CT molecular complexity index is 707. The minimum absolute atomic E-state index is 0.0463. The average molecular weight is 360 g/mol. The van der Waals surface area contributed by atoms with E-state index >= 15 is 0 Å². The summed E-state index contributed by atoms with van der Waals surface area (Å²) in [6.07, 6.45) is 0.195. The Kier molecular flexibility index (Phi) is 6.90. The van der Waals surface area contributed by atoms with Gasteiger partial charge in [-0.2, -0.15) is 5.26 Å². The second kappa shape index (κ2) is 9.14. The van der Waals surface area contributed by atoms with Crippen LogP contribution in [0.4, 0.5) is 0 Å². The highest BCUT2D eigenvalue weighted by Crippen LogP contribution is 2.36. The highest BCUT2D eigenvalue weighted by molar-refractivity contribution is 8.03. The molecule has 0 aromatic heterocycles.